The SMILES string of the molecule is O=C(O)N1CC2(C1)CN(c1ccncc1)C2. The minimum absolute atomic E-state index is 0.224. The van der Waals surface area contributed by atoms with Crippen molar-refractivity contribution < 1.29 is 9.90 Å². The van der Waals surface area contributed by atoms with Crippen molar-refractivity contribution in [3.8, 4) is 0 Å². The smallest absolute Gasteiger partial charge is 0.407 e. The summed E-state index contributed by atoms with van der Waals surface area (Å²) in [6, 6.07) is 3.97. The fraction of sp³-hybridized carbons (Fsp3) is 0.455. The summed E-state index contributed by atoms with van der Waals surface area (Å²) < 4.78 is 0. The van der Waals surface area contributed by atoms with Gasteiger partial charge in [-0.05, 0) is 12.1 Å². The first-order valence-corrected chi connectivity index (χ1v) is 5.31. The van der Waals surface area contributed by atoms with Crippen LogP contribution in [0.4, 0.5) is 10.5 Å². The van der Waals surface area contributed by atoms with Crippen LogP contribution in [0.5, 0.6) is 0 Å². The van der Waals surface area contributed by atoms with Crippen LogP contribution in [-0.2, 0) is 0 Å². The third kappa shape index (κ3) is 1.31. The average molecular weight is 219 g/mol. The molecule has 2 fully saturated rings. The largest absolute Gasteiger partial charge is 0.465 e. The molecule has 16 heavy (non-hydrogen) atoms. The Labute approximate surface area is 93.3 Å². The predicted octanol–water partition coefficient (Wildman–Crippen LogP) is 0.882. The summed E-state index contributed by atoms with van der Waals surface area (Å²) in [5.74, 6) is 0. The lowest BCUT2D eigenvalue weighted by Crippen LogP contribution is -2.73. The minimum Gasteiger partial charge on any atom is -0.465 e. The van der Waals surface area contributed by atoms with Gasteiger partial charge in [-0.2, -0.15) is 0 Å². The molecule has 1 aromatic rings. The van der Waals surface area contributed by atoms with Crippen LogP contribution < -0.4 is 4.90 Å². The van der Waals surface area contributed by atoms with Crippen LogP contribution in [0.2, 0.25) is 0 Å². The fourth-order valence-corrected chi connectivity index (χ4v) is 2.60. The second kappa shape index (κ2) is 3.10. The van der Waals surface area contributed by atoms with E-state index in [-0.39, 0.29) is 5.41 Å². The molecule has 84 valence electrons. The molecular weight excluding hydrogens is 206 g/mol. The molecule has 0 unspecified atom stereocenters. The third-order valence-electron chi connectivity index (χ3n) is 3.40. The van der Waals surface area contributed by atoms with Crippen LogP contribution in [0.25, 0.3) is 0 Å². The highest BCUT2D eigenvalue weighted by atomic mass is 16.4. The van der Waals surface area contributed by atoms with Gasteiger partial charge in [0.15, 0.2) is 0 Å². The van der Waals surface area contributed by atoms with Crippen LogP contribution in [0.3, 0.4) is 0 Å². The van der Waals surface area contributed by atoms with Gasteiger partial charge in [0.1, 0.15) is 0 Å². The molecule has 0 saturated carbocycles. The number of carbonyl (C=O) groups is 1. The Morgan fingerprint density at radius 2 is 1.88 bits per heavy atom. The fourth-order valence-electron chi connectivity index (χ4n) is 2.60. The monoisotopic (exact) mass is 219 g/mol. The summed E-state index contributed by atoms with van der Waals surface area (Å²) in [6.07, 6.45) is 2.77. The van der Waals surface area contributed by atoms with Gasteiger partial charge in [0, 0.05) is 49.7 Å². The Kier molecular flexibility index (Phi) is 1.83. The van der Waals surface area contributed by atoms with Crippen molar-refractivity contribution in [2.45, 2.75) is 0 Å². The summed E-state index contributed by atoms with van der Waals surface area (Å²) in [5.41, 5.74) is 1.40. The molecule has 3 heterocycles. The van der Waals surface area contributed by atoms with Crippen LogP contribution in [-0.4, -0.2) is 47.3 Å². The highest BCUT2D eigenvalue weighted by Gasteiger charge is 2.53. The predicted molar refractivity (Wildman–Crippen MR) is 58.5 cm³/mol. The number of hydrogen-bond donors (Lipinski definition) is 1. The maximum absolute atomic E-state index is 10.7. The van der Waals surface area contributed by atoms with Gasteiger partial charge in [-0.25, -0.2) is 4.79 Å². The number of rotatable bonds is 1. The number of anilines is 1. The molecule has 2 aliphatic heterocycles. The Hall–Kier alpha value is -1.78. The number of pyridine rings is 1. The zero-order chi connectivity index (χ0) is 11.2. The zero-order valence-electron chi connectivity index (χ0n) is 8.83. The van der Waals surface area contributed by atoms with Gasteiger partial charge in [0.2, 0.25) is 0 Å². The van der Waals surface area contributed by atoms with Crippen LogP contribution >= 0.6 is 0 Å². The van der Waals surface area contributed by atoms with Gasteiger partial charge in [-0.1, -0.05) is 0 Å². The highest BCUT2D eigenvalue weighted by Crippen LogP contribution is 2.41. The topological polar surface area (TPSA) is 56.7 Å². The highest BCUT2D eigenvalue weighted by molar-refractivity contribution is 5.67. The molecule has 2 aliphatic rings. The minimum atomic E-state index is -0.798. The molecule has 0 aromatic carbocycles. The summed E-state index contributed by atoms with van der Waals surface area (Å²) in [7, 11) is 0. The third-order valence-corrected chi connectivity index (χ3v) is 3.40. The number of hydrogen-bond acceptors (Lipinski definition) is 3. The van der Waals surface area contributed by atoms with E-state index in [1.165, 1.54) is 10.6 Å². The second-order valence-corrected chi connectivity index (χ2v) is 4.70. The van der Waals surface area contributed by atoms with E-state index in [4.69, 9.17) is 5.11 Å². The molecule has 1 N–H and O–H groups in total. The number of amides is 1. The van der Waals surface area contributed by atoms with E-state index in [0.29, 0.717) is 13.1 Å². The molecule has 5 nitrogen and oxygen atoms in total. The first-order chi connectivity index (χ1) is 7.69. The summed E-state index contributed by atoms with van der Waals surface area (Å²) in [6.45, 7) is 3.29. The van der Waals surface area contributed by atoms with Crippen molar-refractivity contribution in [1.29, 1.82) is 0 Å². The molecule has 0 aliphatic carbocycles. The Morgan fingerprint density at radius 1 is 1.25 bits per heavy atom. The molecule has 2 saturated heterocycles. The lowest BCUT2D eigenvalue weighted by molar-refractivity contribution is -0.00942. The van der Waals surface area contributed by atoms with E-state index >= 15 is 0 Å². The molecule has 1 spiro atoms. The maximum Gasteiger partial charge on any atom is 0.407 e. The molecule has 0 bridgehead atoms. The molecule has 1 amide bonds. The Bertz CT molecular complexity index is 406. The quantitative estimate of drug-likeness (QED) is 0.761. The van der Waals surface area contributed by atoms with Gasteiger partial charge in [-0.15, -0.1) is 0 Å². The van der Waals surface area contributed by atoms with E-state index in [0.717, 1.165) is 13.1 Å². The van der Waals surface area contributed by atoms with Gasteiger partial charge in [0.25, 0.3) is 0 Å². The molecule has 3 rings (SSSR count). The van der Waals surface area contributed by atoms with E-state index in [1.54, 1.807) is 12.4 Å². The average Bonchev–Trinajstić information content (AvgIpc) is 2.14. The van der Waals surface area contributed by atoms with Gasteiger partial charge in [-0.3, -0.25) is 4.98 Å². The lowest BCUT2D eigenvalue weighted by atomic mass is 9.73. The number of carboxylic acid groups (broad SMARTS) is 1. The van der Waals surface area contributed by atoms with Crippen molar-refractivity contribution in [2.75, 3.05) is 31.1 Å². The van der Waals surface area contributed by atoms with Crippen LogP contribution in [0, 0.1) is 5.41 Å². The van der Waals surface area contributed by atoms with Crippen molar-refractivity contribution in [1.82, 2.24) is 9.88 Å². The van der Waals surface area contributed by atoms with E-state index in [9.17, 15) is 4.79 Å². The van der Waals surface area contributed by atoms with Crippen molar-refractivity contribution in [3.63, 3.8) is 0 Å². The molecular formula is C11H13N3O2. The van der Waals surface area contributed by atoms with Gasteiger partial charge in [0.05, 0.1) is 0 Å². The first kappa shape index (κ1) is 9.45. The molecule has 0 radical (unpaired) electrons. The maximum atomic E-state index is 10.7. The van der Waals surface area contributed by atoms with Gasteiger partial charge >= 0.3 is 6.09 Å². The summed E-state index contributed by atoms with van der Waals surface area (Å²) >= 11 is 0. The summed E-state index contributed by atoms with van der Waals surface area (Å²) in [4.78, 5) is 18.4. The van der Waals surface area contributed by atoms with Crippen LogP contribution in [0.15, 0.2) is 24.5 Å². The second-order valence-electron chi connectivity index (χ2n) is 4.70. The van der Waals surface area contributed by atoms with E-state index in [1.807, 2.05) is 12.1 Å². The normalized spacial score (nSPS) is 21.5. The molecule has 0 atom stereocenters. The van der Waals surface area contributed by atoms with E-state index in [2.05, 4.69) is 9.88 Å². The standard InChI is InChI=1S/C11H13N3O2/c15-10(16)14-7-11(8-14)5-13(6-11)9-1-3-12-4-2-9/h1-4H,5-8H2,(H,15,16). The van der Waals surface area contributed by atoms with E-state index < -0.39 is 6.09 Å². The molecule has 1 aromatic heterocycles. The van der Waals surface area contributed by atoms with Crippen molar-refractivity contribution in [2.24, 2.45) is 5.41 Å². The molecule has 5 heteroatoms. The number of likely N-dealkylation sites (tertiary alicyclic amines) is 1. The zero-order valence-corrected chi connectivity index (χ0v) is 8.83. The van der Waals surface area contributed by atoms with Gasteiger partial charge < -0.3 is 14.9 Å². The summed E-state index contributed by atoms with van der Waals surface area (Å²) in [5, 5.41) is 8.77. The Morgan fingerprint density at radius 3 is 2.44 bits per heavy atom. The first-order valence-electron chi connectivity index (χ1n) is 5.31. The number of nitrogens with zero attached hydrogens (tertiary/aromatic N) is 3. The van der Waals surface area contributed by atoms with Crippen LogP contribution in [0.1, 0.15) is 0 Å². The lowest BCUT2D eigenvalue weighted by Gasteiger charge is -2.60. The van der Waals surface area contributed by atoms with Crippen molar-refractivity contribution in [3.05, 3.63) is 24.5 Å². The number of aromatic nitrogens is 1. The van der Waals surface area contributed by atoms with Crippen molar-refractivity contribution >= 4 is 11.8 Å². The Balaban J connectivity index is 1.59.